The summed E-state index contributed by atoms with van der Waals surface area (Å²) in [7, 11) is 2.89. The van der Waals surface area contributed by atoms with Crippen molar-refractivity contribution in [1.29, 1.82) is 0 Å². The SMILES string of the molecule is COCCNCc1cc(F)cc(OC(C)C(=O)OC)c1. The van der Waals surface area contributed by atoms with E-state index in [2.05, 4.69) is 10.1 Å². The topological polar surface area (TPSA) is 56.8 Å². The third-order valence-electron chi connectivity index (χ3n) is 2.59. The molecule has 20 heavy (non-hydrogen) atoms. The normalized spacial score (nSPS) is 12.0. The highest BCUT2D eigenvalue weighted by atomic mass is 19.1. The van der Waals surface area contributed by atoms with Gasteiger partial charge in [-0.3, -0.25) is 0 Å². The maximum Gasteiger partial charge on any atom is 0.346 e. The molecule has 0 spiro atoms. The summed E-state index contributed by atoms with van der Waals surface area (Å²) in [5.41, 5.74) is 0.730. The molecule has 0 aliphatic rings. The van der Waals surface area contributed by atoms with Crippen LogP contribution in [0.1, 0.15) is 12.5 Å². The summed E-state index contributed by atoms with van der Waals surface area (Å²) >= 11 is 0. The van der Waals surface area contributed by atoms with Gasteiger partial charge in [-0.1, -0.05) is 0 Å². The van der Waals surface area contributed by atoms with Crippen LogP contribution in [0.2, 0.25) is 0 Å². The van der Waals surface area contributed by atoms with Gasteiger partial charge in [0.25, 0.3) is 0 Å². The van der Waals surface area contributed by atoms with Crippen molar-refractivity contribution in [2.75, 3.05) is 27.4 Å². The fraction of sp³-hybridized carbons (Fsp3) is 0.500. The highest BCUT2D eigenvalue weighted by Gasteiger charge is 2.15. The Morgan fingerprint density at radius 1 is 1.35 bits per heavy atom. The predicted molar refractivity (Wildman–Crippen MR) is 72.1 cm³/mol. The Labute approximate surface area is 118 Å². The number of rotatable bonds is 8. The van der Waals surface area contributed by atoms with Gasteiger partial charge in [-0.25, -0.2) is 9.18 Å². The molecule has 6 heteroatoms. The van der Waals surface area contributed by atoms with Crippen LogP contribution >= 0.6 is 0 Å². The first-order valence-electron chi connectivity index (χ1n) is 6.30. The molecular weight excluding hydrogens is 265 g/mol. The number of esters is 1. The van der Waals surface area contributed by atoms with E-state index < -0.39 is 17.9 Å². The van der Waals surface area contributed by atoms with Crippen LogP contribution in [0.4, 0.5) is 4.39 Å². The number of halogens is 1. The summed E-state index contributed by atoms with van der Waals surface area (Å²) in [5.74, 6) is -0.622. The van der Waals surface area contributed by atoms with Gasteiger partial charge in [0, 0.05) is 26.3 Å². The molecule has 1 rings (SSSR count). The summed E-state index contributed by atoms with van der Waals surface area (Å²) < 4.78 is 28.3. The fourth-order valence-electron chi connectivity index (χ4n) is 1.62. The first kappa shape index (κ1) is 16.4. The van der Waals surface area contributed by atoms with Gasteiger partial charge in [-0.15, -0.1) is 0 Å². The smallest absolute Gasteiger partial charge is 0.346 e. The Kier molecular flexibility index (Phi) is 6.97. The lowest BCUT2D eigenvalue weighted by atomic mass is 10.2. The third kappa shape index (κ3) is 5.54. The van der Waals surface area contributed by atoms with Crippen LogP contribution in [0.15, 0.2) is 18.2 Å². The van der Waals surface area contributed by atoms with E-state index in [4.69, 9.17) is 9.47 Å². The highest BCUT2D eigenvalue weighted by Crippen LogP contribution is 2.18. The van der Waals surface area contributed by atoms with Gasteiger partial charge >= 0.3 is 5.97 Å². The summed E-state index contributed by atoms with van der Waals surface area (Å²) in [6.45, 7) is 3.29. The molecule has 0 fully saturated rings. The fourth-order valence-corrected chi connectivity index (χ4v) is 1.62. The summed E-state index contributed by atoms with van der Waals surface area (Å²) in [5, 5.41) is 3.11. The Balaban J connectivity index is 2.63. The molecule has 1 N–H and O–H groups in total. The Morgan fingerprint density at radius 3 is 2.75 bits per heavy atom. The molecular formula is C14H20FNO4. The van der Waals surface area contributed by atoms with Crippen molar-refractivity contribution >= 4 is 5.97 Å². The maximum atomic E-state index is 13.5. The molecule has 5 nitrogen and oxygen atoms in total. The molecule has 1 atom stereocenters. The van der Waals surface area contributed by atoms with Crippen LogP contribution < -0.4 is 10.1 Å². The number of ether oxygens (including phenoxy) is 3. The number of carbonyl (C=O) groups is 1. The van der Waals surface area contributed by atoms with Crippen molar-refractivity contribution in [2.24, 2.45) is 0 Å². The molecule has 1 aromatic rings. The lowest BCUT2D eigenvalue weighted by molar-refractivity contribution is -0.147. The van der Waals surface area contributed by atoms with Gasteiger partial charge < -0.3 is 19.5 Å². The summed E-state index contributed by atoms with van der Waals surface area (Å²) in [6.07, 6.45) is -0.781. The minimum Gasteiger partial charge on any atom is -0.479 e. The lowest BCUT2D eigenvalue weighted by Crippen LogP contribution is -2.25. The quantitative estimate of drug-likeness (QED) is 0.579. The van der Waals surface area contributed by atoms with Crippen molar-refractivity contribution in [3.8, 4) is 5.75 Å². The molecule has 0 aliphatic heterocycles. The molecule has 1 aromatic carbocycles. The van der Waals surface area contributed by atoms with E-state index in [9.17, 15) is 9.18 Å². The van der Waals surface area contributed by atoms with Gasteiger partial charge in [0.15, 0.2) is 6.10 Å². The number of hydrogen-bond acceptors (Lipinski definition) is 5. The zero-order chi connectivity index (χ0) is 15.0. The highest BCUT2D eigenvalue weighted by molar-refractivity contribution is 5.74. The van der Waals surface area contributed by atoms with E-state index >= 15 is 0 Å². The van der Waals surface area contributed by atoms with Crippen LogP contribution in [0.5, 0.6) is 5.75 Å². The monoisotopic (exact) mass is 285 g/mol. The van der Waals surface area contributed by atoms with E-state index in [1.165, 1.54) is 19.2 Å². The molecule has 0 bridgehead atoms. The van der Waals surface area contributed by atoms with Gasteiger partial charge in [0.2, 0.25) is 0 Å². The lowest BCUT2D eigenvalue weighted by Gasteiger charge is -2.13. The summed E-state index contributed by atoms with van der Waals surface area (Å²) in [6, 6.07) is 4.33. The Morgan fingerprint density at radius 2 is 2.10 bits per heavy atom. The second-order valence-corrected chi connectivity index (χ2v) is 4.25. The average molecular weight is 285 g/mol. The van der Waals surface area contributed by atoms with Gasteiger partial charge in [0.1, 0.15) is 11.6 Å². The number of hydrogen-bond donors (Lipinski definition) is 1. The Hall–Kier alpha value is -1.66. The van der Waals surface area contributed by atoms with Gasteiger partial charge in [0.05, 0.1) is 13.7 Å². The zero-order valence-corrected chi connectivity index (χ0v) is 11.9. The van der Waals surface area contributed by atoms with Crippen LogP contribution in [-0.2, 0) is 20.8 Å². The largest absolute Gasteiger partial charge is 0.479 e. The molecule has 0 aromatic heterocycles. The van der Waals surface area contributed by atoms with Crippen molar-refractivity contribution in [3.63, 3.8) is 0 Å². The summed E-state index contributed by atoms with van der Waals surface area (Å²) in [4.78, 5) is 11.3. The van der Waals surface area contributed by atoms with E-state index in [1.807, 2.05) is 0 Å². The molecule has 0 radical (unpaired) electrons. The van der Waals surface area contributed by atoms with E-state index in [1.54, 1.807) is 20.1 Å². The van der Waals surface area contributed by atoms with Crippen LogP contribution in [0, 0.1) is 5.82 Å². The van der Waals surface area contributed by atoms with Crippen LogP contribution in [0.3, 0.4) is 0 Å². The Bertz CT molecular complexity index is 439. The number of carbonyl (C=O) groups excluding carboxylic acids is 1. The number of methoxy groups -OCH3 is 2. The predicted octanol–water partition coefficient (Wildman–Crippen LogP) is 1.50. The van der Waals surface area contributed by atoms with Crippen LogP contribution in [-0.4, -0.2) is 39.4 Å². The molecule has 0 heterocycles. The van der Waals surface area contributed by atoms with Crippen molar-refractivity contribution < 1.29 is 23.4 Å². The molecule has 0 saturated heterocycles. The third-order valence-corrected chi connectivity index (χ3v) is 2.59. The molecule has 0 amide bonds. The zero-order valence-electron chi connectivity index (χ0n) is 11.9. The average Bonchev–Trinajstić information content (AvgIpc) is 2.42. The van der Waals surface area contributed by atoms with Crippen LogP contribution in [0.25, 0.3) is 0 Å². The first-order valence-corrected chi connectivity index (χ1v) is 6.30. The minimum atomic E-state index is -0.781. The minimum absolute atomic E-state index is 0.298. The van der Waals surface area contributed by atoms with Gasteiger partial charge in [-0.2, -0.15) is 0 Å². The maximum absolute atomic E-state index is 13.5. The molecule has 1 unspecified atom stereocenters. The van der Waals surface area contributed by atoms with Crippen molar-refractivity contribution in [2.45, 2.75) is 19.6 Å². The number of nitrogens with one attached hydrogen (secondary N) is 1. The van der Waals surface area contributed by atoms with Crippen molar-refractivity contribution in [1.82, 2.24) is 5.32 Å². The first-order chi connectivity index (χ1) is 9.56. The van der Waals surface area contributed by atoms with E-state index in [0.717, 1.165) is 5.56 Å². The standard InChI is InChI=1S/C14H20FNO4/c1-10(14(17)19-3)20-13-7-11(6-12(15)8-13)9-16-4-5-18-2/h6-8,10,16H,4-5,9H2,1-3H3. The van der Waals surface area contributed by atoms with E-state index in [-0.39, 0.29) is 0 Å². The van der Waals surface area contributed by atoms with E-state index in [0.29, 0.717) is 25.4 Å². The van der Waals surface area contributed by atoms with Crippen molar-refractivity contribution in [3.05, 3.63) is 29.6 Å². The molecule has 112 valence electrons. The molecule has 0 saturated carbocycles. The second kappa shape index (κ2) is 8.50. The number of benzene rings is 1. The van der Waals surface area contributed by atoms with Gasteiger partial charge in [-0.05, 0) is 24.6 Å². The molecule has 0 aliphatic carbocycles. The second-order valence-electron chi connectivity index (χ2n) is 4.25.